The summed E-state index contributed by atoms with van der Waals surface area (Å²) in [6.45, 7) is 8.55. The van der Waals surface area contributed by atoms with Gasteiger partial charge in [0.15, 0.2) is 0 Å². The van der Waals surface area contributed by atoms with Gasteiger partial charge in [0.1, 0.15) is 0 Å². The average molecular weight is 224 g/mol. The highest BCUT2D eigenvalue weighted by Crippen LogP contribution is 2.31. The molecular weight excluding hydrogens is 196 g/mol. The highest BCUT2D eigenvalue weighted by Gasteiger charge is 2.32. The summed E-state index contributed by atoms with van der Waals surface area (Å²) in [7, 11) is 2.34. The smallest absolute Gasteiger partial charge is 0.00949 e. The lowest BCUT2D eigenvalue weighted by Crippen LogP contribution is -2.42. The van der Waals surface area contributed by atoms with E-state index >= 15 is 0 Å². The predicted molar refractivity (Wildman–Crippen MR) is 69.6 cm³/mol. The molecule has 0 aromatic heterocycles. The zero-order chi connectivity index (χ0) is 11.6. The van der Waals surface area contributed by atoms with Gasteiger partial charge in [0.25, 0.3) is 0 Å². The second-order valence-electron chi connectivity index (χ2n) is 6.58. The summed E-state index contributed by atoms with van der Waals surface area (Å²) in [4.78, 5) is 2.64. The van der Waals surface area contributed by atoms with Crippen molar-refractivity contribution in [3.05, 3.63) is 0 Å². The summed E-state index contributed by atoms with van der Waals surface area (Å²) in [6, 6.07) is 0.848. The third-order valence-corrected chi connectivity index (χ3v) is 4.62. The van der Waals surface area contributed by atoms with Crippen LogP contribution in [0.25, 0.3) is 0 Å². The predicted octanol–water partition coefficient (Wildman–Crippen LogP) is 2.50. The topological polar surface area (TPSA) is 15.3 Å². The van der Waals surface area contributed by atoms with E-state index in [-0.39, 0.29) is 0 Å². The van der Waals surface area contributed by atoms with Crippen molar-refractivity contribution in [1.82, 2.24) is 10.2 Å². The monoisotopic (exact) mass is 224 g/mol. The van der Waals surface area contributed by atoms with Crippen molar-refractivity contribution < 1.29 is 0 Å². The fourth-order valence-corrected chi connectivity index (χ4v) is 3.54. The van der Waals surface area contributed by atoms with Gasteiger partial charge >= 0.3 is 0 Å². The van der Waals surface area contributed by atoms with Crippen LogP contribution in [0.15, 0.2) is 0 Å². The molecule has 0 aromatic carbocycles. The Labute approximate surface area is 101 Å². The molecule has 3 atom stereocenters. The molecule has 94 valence electrons. The molecule has 1 aliphatic heterocycles. The van der Waals surface area contributed by atoms with Gasteiger partial charge in [-0.05, 0) is 44.2 Å². The molecule has 0 amide bonds. The Balaban J connectivity index is 1.84. The molecule has 1 saturated heterocycles. The van der Waals surface area contributed by atoms with Crippen LogP contribution in [-0.4, -0.2) is 37.6 Å². The van der Waals surface area contributed by atoms with E-state index in [1.807, 2.05) is 0 Å². The SMILES string of the molecule is CC1CCCC(N(C)CC2(C)CCNC2)C1. The first-order valence-corrected chi connectivity index (χ1v) is 7.00. The maximum atomic E-state index is 3.50. The number of nitrogens with one attached hydrogen (secondary N) is 1. The molecule has 2 rings (SSSR count). The molecule has 16 heavy (non-hydrogen) atoms. The minimum absolute atomic E-state index is 0.523. The Bertz CT molecular complexity index is 221. The minimum Gasteiger partial charge on any atom is -0.316 e. The van der Waals surface area contributed by atoms with Crippen molar-refractivity contribution in [2.24, 2.45) is 11.3 Å². The van der Waals surface area contributed by atoms with Gasteiger partial charge in [0.05, 0.1) is 0 Å². The van der Waals surface area contributed by atoms with E-state index < -0.39 is 0 Å². The Kier molecular flexibility index (Phi) is 3.91. The van der Waals surface area contributed by atoms with E-state index in [1.54, 1.807) is 0 Å². The van der Waals surface area contributed by atoms with Crippen LogP contribution in [0.3, 0.4) is 0 Å². The van der Waals surface area contributed by atoms with Gasteiger partial charge in [0.2, 0.25) is 0 Å². The summed E-state index contributed by atoms with van der Waals surface area (Å²) in [5.74, 6) is 0.940. The van der Waals surface area contributed by atoms with Crippen LogP contribution >= 0.6 is 0 Å². The molecule has 2 heteroatoms. The molecule has 2 aliphatic rings. The number of hydrogen-bond acceptors (Lipinski definition) is 2. The highest BCUT2D eigenvalue weighted by molar-refractivity contribution is 4.88. The molecule has 2 nitrogen and oxygen atoms in total. The summed E-state index contributed by atoms with van der Waals surface area (Å²) < 4.78 is 0. The Morgan fingerprint density at radius 3 is 2.81 bits per heavy atom. The van der Waals surface area contributed by atoms with Gasteiger partial charge < -0.3 is 10.2 Å². The molecule has 1 heterocycles. The molecule has 1 aliphatic carbocycles. The fourth-order valence-electron chi connectivity index (χ4n) is 3.54. The van der Waals surface area contributed by atoms with Gasteiger partial charge in [-0.25, -0.2) is 0 Å². The number of rotatable bonds is 3. The lowest BCUT2D eigenvalue weighted by atomic mass is 9.84. The largest absolute Gasteiger partial charge is 0.316 e. The van der Waals surface area contributed by atoms with E-state index in [4.69, 9.17) is 0 Å². The maximum Gasteiger partial charge on any atom is 0.00949 e. The third kappa shape index (κ3) is 2.98. The lowest BCUT2D eigenvalue weighted by molar-refractivity contribution is 0.116. The fraction of sp³-hybridized carbons (Fsp3) is 1.00. The highest BCUT2D eigenvalue weighted by atomic mass is 15.1. The van der Waals surface area contributed by atoms with Crippen LogP contribution in [0, 0.1) is 11.3 Å². The van der Waals surface area contributed by atoms with Gasteiger partial charge in [-0.15, -0.1) is 0 Å². The van der Waals surface area contributed by atoms with E-state index in [0.29, 0.717) is 5.41 Å². The standard InChI is InChI=1S/C14H28N2/c1-12-5-4-6-13(9-12)16(3)11-14(2)7-8-15-10-14/h12-13,15H,4-11H2,1-3H3. The summed E-state index contributed by atoms with van der Waals surface area (Å²) in [6.07, 6.45) is 7.07. The van der Waals surface area contributed by atoms with E-state index in [2.05, 4.69) is 31.1 Å². The van der Waals surface area contributed by atoms with Crippen LogP contribution in [0.1, 0.15) is 46.0 Å². The first-order valence-electron chi connectivity index (χ1n) is 7.00. The average Bonchev–Trinajstić information content (AvgIpc) is 2.65. The molecule has 2 fully saturated rings. The Morgan fingerprint density at radius 2 is 2.19 bits per heavy atom. The van der Waals surface area contributed by atoms with E-state index in [9.17, 15) is 0 Å². The van der Waals surface area contributed by atoms with Gasteiger partial charge in [-0.1, -0.05) is 26.7 Å². The van der Waals surface area contributed by atoms with Crippen LogP contribution in [0.5, 0.6) is 0 Å². The molecule has 0 radical (unpaired) electrons. The summed E-state index contributed by atoms with van der Waals surface area (Å²) >= 11 is 0. The normalized spacial score (nSPS) is 40.5. The zero-order valence-corrected chi connectivity index (χ0v) is 11.3. The lowest BCUT2D eigenvalue weighted by Gasteiger charge is -2.38. The van der Waals surface area contributed by atoms with E-state index in [1.165, 1.54) is 51.7 Å². The second kappa shape index (κ2) is 5.05. The van der Waals surface area contributed by atoms with Crippen molar-refractivity contribution in [2.75, 3.05) is 26.7 Å². The molecule has 3 unspecified atom stereocenters. The Hall–Kier alpha value is -0.0800. The maximum absolute atomic E-state index is 3.50. The minimum atomic E-state index is 0.523. The first-order chi connectivity index (χ1) is 7.59. The van der Waals surface area contributed by atoms with Crippen molar-refractivity contribution in [3.8, 4) is 0 Å². The van der Waals surface area contributed by atoms with Gasteiger partial charge in [-0.2, -0.15) is 0 Å². The molecule has 0 spiro atoms. The van der Waals surface area contributed by atoms with Crippen molar-refractivity contribution >= 4 is 0 Å². The van der Waals surface area contributed by atoms with E-state index in [0.717, 1.165) is 12.0 Å². The Morgan fingerprint density at radius 1 is 1.38 bits per heavy atom. The van der Waals surface area contributed by atoms with Crippen LogP contribution in [0.4, 0.5) is 0 Å². The van der Waals surface area contributed by atoms with Crippen molar-refractivity contribution in [1.29, 1.82) is 0 Å². The van der Waals surface area contributed by atoms with Crippen LogP contribution in [0.2, 0.25) is 0 Å². The molecule has 0 aromatic rings. The molecule has 1 N–H and O–H groups in total. The zero-order valence-electron chi connectivity index (χ0n) is 11.3. The summed E-state index contributed by atoms with van der Waals surface area (Å²) in [5.41, 5.74) is 0.523. The third-order valence-electron chi connectivity index (χ3n) is 4.62. The van der Waals surface area contributed by atoms with Gasteiger partial charge in [-0.3, -0.25) is 0 Å². The van der Waals surface area contributed by atoms with Crippen LogP contribution < -0.4 is 5.32 Å². The first kappa shape index (κ1) is 12.4. The molecular formula is C14H28N2. The van der Waals surface area contributed by atoms with Crippen molar-refractivity contribution in [3.63, 3.8) is 0 Å². The quantitative estimate of drug-likeness (QED) is 0.792. The number of hydrogen-bond donors (Lipinski definition) is 1. The molecule has 1 saturated carbocycles. The second-order valence-corrected chi connectivity index (χ2v) is 6.58. The van der Waals surface area contributed by atoms with Crippen molar-refractivity contribution in [2.45, 2.75) is 52.0 Å². The van der Waals surface area contributed by atoms with Crippen LogP contribution in [-0.2, 0) is 0 Å². The van der Waals surface area contributed by atoms with Gasteiger partial charge in [0, 0.05) is 19.1 Å². The summed E-state index contributed by atoms with van der Waals surface area (Å²) in [5, 5.41) is 3.50. The number of nitrogens with zero attached hydrogens (tertiary/aromatic N) is 1. The molecule has 0 bridgehead atoms.